The van der Waals surface area contributed by atoms with Crippen molar-refractivity contribution in [3.63, 3.8) is 0 Å². The van der Waals surface area contributed by atoms with E-state index in [1.807, 2.05) is 6.92 Å². The Hall–Kier alpha value is -1.24. The van der Waals surface area contributed by atoms with Gasteiger partial charge in [-0.2, -0.15) is 8.42 Å². The summed E-state index contributed by atoms with van der Waals surface area (Å²) in [6.07, 6.45) is 1.13. The maximum absolute atomic E-state index is 12.7. The van der Waals surface area contributed by atoms with Gasteiger partial charge in [0.25, 0.3) is 10.0 Å². The molecule has 0 unspecified atom stereocenters. The average molecular weight is 481 g/mol. The number of hydrogen-bond donors (Lipinski definition) is 0. The molecule has 28 heavy (non-hydrogen) atoms. The first-order valence-corrected chi connectivity index (χ1v) is 13.4. The van der Waals surface area contributed by atoms with E-state index in [1.54, 1.807) is 10.6 Å². The Morgan fingerprint density at radius 3 is 2.50 bits per heavy atom. The Morgan fingerprint density at radius 1 is 1.14 bits per heavy atom. The number of thiophene rings is 1. The molecule has 3 rings (SSSR count). The van der Waals surface area contributed by atoms with Gasteiger partial charge in [-0.3, -0.25) is 0 Å². The first-order valence-electron chi connectivity index (χ1n) is 8.09. The highest BCUT2D eigenvalue weighted by Gasteiger charge is 2.18. The zero-order valence-corrected chi connectivity index (χ0v) is 19.0. The molecule has 0 fully saturated rings. The van der Waals surface area contributed by atoms with Gasteiger partial charge < -0.3 is 9.30 Å². The summed E-state index contributed by atoms with van der Waals surface area (Å²) in [6, 6.07) is 7.59. The van der Waals surface area contributed by atoms with Crippen molar-refractivity contribution in [2.75, 3.05) is 19.5 Å². The third kappa shape index (κ3) is 4.66. The summed E-state index contributed by atoms with van der Waals surface area (Å²) in [5, 5.41) is 0. The molecule has 0 aliphatic heterocycles. The number of thiazole rings is 1. The van der Waals surface area contributed by atoms with Crippen LogP contribution in [0.1, 0.15) is 6.92 Å². The molecule has 2 heterocycles. The molecule has 0 spiro atoms. The van der Waals surface area contributed by atoms with E-state index in [-0.39, 0.29) is 13.9 Å². The zero-order valence-electron chi connectivity index (χ0n) is 15.0. The van der Waals surface area contributed by atoms with Gasteiger partial charge in [0, 0.05) is 19.4 Å². The third-order valence-corrected chi connectivity index (χ3v) is 8.98. The highest BCUT2D eigenvalue weighted by atomic mass is 35.5. The van der Waals surface area contributed by atoms with Crippen LogP contribution in [-0.4, -0.2) is 40.9 Å². The molecule has 152 valence electrons. The predicted octanol–water partition coefficient (Wildman–Crippen LogP) is 3.15. The van der Waals surface area contributed by atoms with Gasteiger partial charge in [0.1, 0.15) is 4.21 Å². The number of ether oxygens (including phenoxy) is 1. The van der Waals surface area contributed by atoms with Crippen molar-refractivity contribution in [2.24, 2.45) is 4.40 Å². The van der Waals surface area contributed by atoms with Crippen molar-refractivity contribution in [2.45, 2.75) is 22.6 Å². The summed E-state index contributed by atoms with van der Waals surface area (Å²) in [4.78, 5) is 0.405. The van der Waals surface area contributed by atoms with Crippen molar-refractivity contribution >= 4 is 64.4 Å². The van der Waals surface area contributed by atoms with Gasteiger partial charge in [-0.25, -0.2) is 8.42 Å². The molecule has 0 amide bonds. The van der Waals surface area contributed by atoms with E-state index in [4.69, 9.17) is 16.3 Å². The fourth-order valence-electron chi connectivity index (χ4n) is 2.45. The van der Waals surface area contributed by atoms with Crippen LogP contribution < -0.4 is 4.80 Å². The number of nitrogens with zero attached hydrogens (tertiary/aromatic N) is 2. The summed E-state index contributed by atoms with van der Waals surface area (Å²) in [5.41, 5.74) is 0.690. The van der Waals surface area contributed by atoms with Crippen LogP contribution in [0, 0.1) is 0 Å². The first-order chi connectivity index (χ1) is 13.1. The molecule has 0 aliphatic carbocycles. The van der Waals surface area contributed by atoms with Crippen LogP contribution in [0.2, 0.25) is 4.34 Å². The SMILES string of the molecule is CCOCCn1c(=NS(=O)(=O)c2ccc(Cl)s2)sc2cc(S(C)(=O)=O)ccc21. The molecular weight excluding hydrogens is 464 g/mol. The molecule has 2 aromatic heterocycles. The minimum absolute atomic E-state index is 0.0446. The Kier molecular flexibility index (Phi) is 6.32. The highest BCUT2D eigenvalue weighted by Crippen LogP contribution is 2.27. The van der Waals surface area contributed by atoms with Crippen molar-refractivity contribution in [3.05, 3.63) is 39.5 Å². The maximum atomic E-state index is 12.7. The molecule has 1 aromatic carbocycles. The summed E-state index contributed by atoms with van der Waals surface area (Å²) >= 11 is 7.88. The number of hydrogen-bond acceptors (Lipinski definition) is 7. The van der Waals surface area contributed by atoms with Crippen LogP contribution in [0.3, 0.4) is 0 Å². The van der Waals surface area contributed by atoms with Crippen LogP contribution in [0.15, 0.2) is 43.8 Å². The van der Waals surface area contributed by atoms with Gasteiger partial charge >= 0.3 is 0 Å². The largest absolute Gasteiger partial charge is 0.380 e. The molecule has 12 heteroatoms. The van der Waals surface area contributed by atoms with Gasteiger partial charge in [0.2, 0.25) is 4.80 Å². The fourth-order valence-corrected chi connectivity index (χ4v) is 6.94. The Balaban J connectivity index is 2.20. The molecule has 0 saturated heterocycles. The molecule has 3 aromatic rings. The molecule has 0 aliphatic rings. The van der Waals surface area contributed by atoms with E-state index in [9.17, 15) is 16.8 Å². The van der Waals surface area contributed by atoms with Gasteiger partial charge in [0.05, 0.1) is 26.1 Å². The Bertz CT molecular complexity index is 1290. The smallest absolute Gasteiger partial charge is 0.294 e. The first kappa shape index (κ1) is 21.5. The second-order valence-electron chi connectivity index (χ2n) is 5.76. The van der Waals surface area contributed by atoms with Gasteiger partial charge in [-0.1, -0.05) is 22.9 Å². The molecule has 7 nitrogen and oxygen atoms in total. The summed E-state index contributed by atoms with van der Waals surface area (Å²) < 4.78 is 61.1. The average Bonchev–Trinajstić information content (AvgIpc) is 3.18. The van der Waals surface area contributed by atoms with Gasteiger partial charge in [-0.15, -0.1) is 15.7 Å². The van der Waals surface area contributed by atoms with Crippen LogP contribution >= 0.6 is 34.3 Å². The van der Waals surface area contributed by atoms with Crippen molar-refractivity contribution in [3.8, 4) is 0 Å². The van der Waals surface area contributed by atoms with Crippen LogP contribution in [-0.2, 0) is 31.1 Å². The number of aromatic nitrogens is 1. The number of fused-ring (bicyclic) bond motifs is 1. The molecule has 0 atom stereocenters. The van der Waals surface area contributed by atoms with Gasteiger partial charge in [0.15, 0.2) is 9.84 Å². The standard InChI is InChI=1S/C16H17ClN2O5S4/c1-3-24-9-8-19-12-5-4-11(27(2,20)21)10-13(12)25-16(19)18-28(22,23)15-7-6-14(17)26-15/h4-7,10H,3,8-9H2,1-2H3. The van der Waals surface area contributed by atoms with E-state index in [0.717, 1.165) is 28.9 Å². The second-order valence-corrected chi connectivity index (χ2v) is 12.3. The van der Waals surface area contributed by atoms with E-state index in [2.05, 4.69) is 4.40 Å². The topological polar surface area (TPSA) is 94.8 Å². The van der Waals surface area contributed by atoms with Crippen molar-refractivity contribution in [1.82, 2.24) is 4.57 Å². The number of benzene rings is 1. The Labute approximate surface area is 175 Å². The summed E-state index contributed by atoms with van der Waals surface area (Å²) in [5.74, 6) is 0. The Morgan fingerprint density at radius 2 is 1.89 bits per heavy atom. The van der Waals surface area contributed by atoms with E-state index < -0.39 is 19.9 Å². The van der Waals surface area contributed by atoms with Crippen molar-refractivity contribution < 1.29 is 21.6 Å². The normalized spacial score (nSPS) is 13.5. The summed E-state index contributed by atoms with van der Waals surface area (Å²) in [6.45, 7) is 3.14. The zero-order chi connectivity index (χ0) is 20.5. The monoisotopic (exact) mass is 480 g/mol. The van der Waals surface area contributed by atoms with Crippen LogP contribution in [0.25, 0.3) is 10.2 Å². The van der Waals surface area contributed by atoms with E-state index in [0.29, 0.717) is 34.3 Å². The molecular formula is C16H17ClN2O5S4. The quantitative estimate of drug-likeness (QED) is 0.484. The molecule has 0 N–H and O–H groups in total. The number of sulfone groups is 1. The minimum atomic E-state index is -3.94. The lowest BCUT2D eigenvalue weighted by atomic mass is 10.3. The van der Waals surface area contributed by atoms with Crippen LogP contribution in [0.4, 0.5) is 0 Å². The fraction of sp³-hybridized carbons (Fsp3) is 0.312. The molecule has 0 saturated carbocycles. The van der Waals surface area contributed by atoms with Crippen LogP contribution in [0.5, 0.6) is 0 Å². The number of halogens is 1. The molecule has 0 bridgehead atoms. The van der Waals surface area contributed by atoms with E-state index >= 15 is 0 Å². The maximum Gasteiger partial charge on any atom is 0.294 e. The number of sulfonamides is 1. The highest BCUT2D eigenvalue weighted by molar-refractivity contribution is 7.92. The lowest BCUT2D eigenvalue weighted by Gasteiger charge is -2.06. The third-order valence-electron chi connectivity index (χ3n) is 3.75. The predicted molar refractivity (Wildman–Crippen MR) is 111 cm³/mol. The lowest BCUT2D eigenvalue weighted by molar-refractivity contribution is 0.139. The number of rotatable bonds is 7. The van der Waals surface area contributed by atoms with Crippen molar-refractivity contribution in [1.29, 1.82) is 0 Å². The van der Waals surface area contributed by atoms with E-state index in [1.165, 1.54) is 24.3 Å². The lowest BCUT2D eigenvalue weighted by Crippen LogP contribution is -2.19. The van der Waals surface area contributed by atoms with Gasteiger partial charge in [-0.05, 0) is 37.3 Å². The summed E-state index contributed by atoms with van der Waals surface area (Å²) in [7, 11) is -7.33. The molecule has 0 radical (unpaired) electrons. The second kappa shape index (κ2) is 8.25. The minimum Gasteiger partial charge on any atom is -0.380 e.